The molecule has 0 bridgehead atoms. The monoisotopic (exact) mass is 313 g/mol. The van der Waals surface area contributed by atoms with E-state index in [1.807, 2.05) is 0 Å². The molecule has 1 amide bonds. The van der Waals surface area contributed by atoms with Gasteiger partial charge in [-0.3, -0.25) is 4.79 Å². The highest BCUT2D eigenvalue weighted by atomic mass is 32.2. The lowest BCUT2D eigenvalue weighted by Gasteiger charge is -2.23. The van der Waals surface area contributed by atoms with Crippen LogP contribution in [-0.4, -0.2) is 46.7 Å². The summed E-state index contributed by atoms with van der Waals surface area (Å²) in [6, 6.07) is 4.30. The van der Waals surface area contributed by atoms with Crippen molar-refractivity contribution in [3.05, 3.63) is 29.3 Å². The van der Waals surface area contributed by atoms with Crippen molar-refractivity contribution in [1.29, 1.82) is 0 Å². The van der Waals surface area contributed by atoms with Crippen LogP contribution < -0.4 is 15.8 Å². The molecule has 1 aromatic carbocycles. The van der Waals surface area contributed by atoms with Crippen LogP contribution in [-0.2, 0) is 14.8 Å². The van der Waals surface area contributed by atoms with Crippen molar-refractivity contribution in [3.63, 3.8) is 0 Å². The van der Waals surface area contributed by atoms with Crippen molar-refractivity contribution in [3.8, 4) is 0 Å². The van der Waals surface area contributed by atoms with E-state index in [0.29, 0.717) is 18.7 Å². The predicted molar refractivity (Wildman–Crippen MR) is 77.5 cm³/mol. The molecule has 21 heavy (non-hydrogen) atoms. The molecule has 8 heteroatoms. The molecule has 0 aliphatic carbocycles. The van der Waals surface area contributed by atoms with Crippen LogP contribution in [0.2, 0.25) is 0 Å². The highest BCUT2D eigenvalue weighted by Crippen LogP contribution is 2.15. The number of carbonyl (C=O) groups is 1. The molecule has 1 unspecified atom stereocenters. The second kappa shape index (κ2) is 6.52. The third-order valence-corrected chi connectivity index (χ3v) is 4.71. The number of hydrogen-bond acceptors (Lipinski definition) is 5. The lowest BCUT2D eigenvalue weighted by Crippen LogP contribution is -2.45. The van der Waals surface area contributed by atoms with E-state index in [0.717, 1.165) is 6.54 Å². The Morgan fingerprint density at radius 1 is 1.52 bits per heavy atom. The minimum absolute atomic E-state index is 0.0191. The maximum atomic E-state index is 12.2. The van der Waals surface area contributed by atoms with Gasteiger partial charge in [0, 0.05) is 25.2 Å². The van der Waals surface area contributed by atoms with Crippen molar-refractivity contribution in [2.24, 2.45) is 5.73 Å². The molecule has 7 nitrogen and oxygen atoms in total. The molecule has 0 saturated carbocycles. The second-order valence-corrected chi connectivity index (χ2v) is 6.66. The van der Waals surface area contributed by atoms with E-state index < -0.39 is 15.9 Å². The summed E-state index contributed by atoms with van der Waals surface area (Å²) in [6.07, 6.45) is -0.199. The standard InChI is InChI=1S/C13H19N3O4S/c1-9-2-3-11(6-12(9)13(14)17)21(18,19)16-8-10-7-15-4-5-20-10/h2-3,6,10,15-16H,4-5,7-8H2,1H3,(H2,14,17). The van der Waals surface area contributed by atoms with Gasteiger partial charge >= 0.3 is 0 Å². The second-order valence-electron chi connectivity index (χ2n) is 4.89. The average molecular weight is 313 g/mol. The minimum Gasteiger partial charge on any atom is -0.374 e. The number of rotatable bonds is 5. The molecular weight excluding hydrogens is 294 g/mol. The molecule has 1 heterocycles. The first-order chi connectivity index (χ1) is 9.90. The quantitative estimate of drug-likeness (QED) is 0.670. The molecule has 4 N–H and O–H groups in total. The van der Waals surface area contributed by atoms with Crippen molar-refractivity contribution in [1.82, 2.24) is 10.0 Å². The van der Waals surface area contributed by atoms with E-state index >= 15 is 0 Å². The van der Waals surface area contributed by atoms with Crippen LogP contribution in [0.5, 0.6) is 0 Å². The number of primary amides is 1. The minimum atomic E-state index is -3.70. The highest BCUT2D eigenvalue weighted by Gasteiger charge is 2.20. The predicted octanol–water partition coefficient (Wildman–Crippen LogP) is -0.639. The number of aryl methyl sites for hydroxylation is 1. The molecule has 1 aliphatic heterocycles. The third-order valence-electron chi connectivity index (χ3n) is 3.29. The van der Waals surface area contributed by atoms with Crippen molar-refractivity contribution < 1.29 is 17.9 Å². The number of ether oxygens (including phenoxy) is 1. The molecule has 1 aromatic rings. The average Bonchev–Trinajstić information content (AvgIpc) is 2.46. The summed E-state index contributed by atoms with van der Waals surface area (Å²) in [5, 5.41) is 3.12. The fourth-order valence-electron chi connectivity index (χ4n) is 2.07. The van der Waals surface area contributed by atoms with Gasteiger partial charge in [0.25, 0.3) is 0 Å². The van der Waals surface area contributed by atoms with Gasteiger partial charge in [-0.25, -0.2) is 13.1 Å². The lowest BCUT2D eigenvalue weighted by molar-refractivity contribution is 0.0324. The molecule has 116 valence electrons. The smallest absolute Gasteiger partial charge is 0.249 e. The van der Waals surface area contributed by atoms with Crippen molar-refractivity contribution in [2.75, 3.05) is 26.2 Å². The maximum absolute atomic E-state index is 12.2. The Labute approximate surface area is 123 Å². The van der Waals surface area contributed by atoms with Gasteiger partial charge in [0.05, 0.1) is 17.6 Å². The fourth-order valence-corrected chi connectivity index (χ4v) is 3.16. The zero-order valence-corrected chi connectivity index (χ0v) is 12.6. The molecule has 1 aliphatic rings. The zero-order valence-electron chi connectivity index (χ0n) is 11.8. The normalized spacial score (nSPS) is 19.4. The summed E-state index contributed by atoms with van der Waals surface area (Å²) in [7, 11) is -3.70. The van der Waals surface area contributed by atoms with Crippen LogP contribution in [0.4, 0.5) is 0 Å². The summed E-state index contributed by atoms with van der Waals surface area (Å²) >= 11 is 0. The van der Waals surface area contributed by atoms with E-state index in [1.165, 1.54) is 12.1 Å². The van der Waals surface area contributed by atoms with Crippen molar-refractivity contribution >= 4 is 15.9 Å². The molecule has 0 radical (unpaired) electrons. The molecule has 1 saturated heterocycles. The summed E-state index contributed by atoms with van der Waals surface area (Å²) in [6.45, 7) is 3.80. The van der Waals surface area contributed by atoms with Gasteiger partial charge in [-0.15, -0.1) is 0 Å². The van der Waals surface area contributed by atoms with E-state index in [-0.39, 0.29) is 23.1 Å². The Bertz CT molecular complexity index is 624. The van der Waals surface area contributed by atoms with E-state index in [4.69, 9.17) is 10.5 Å². The van der Waals surface area contributed by atoms with Gasteiger partial charge < -0.3 is 15.8 Å². The molecule has 1 fully saturated rings. The Morgan fingerprint density at radius 3 is 2.90 bits per heavy atom. The van der Waals surface area contributed by atoms with Crippen LogP contribution in [0, 0.1) is 6.92 Å². The lowest BCUT2D eigenvalue weighted by atomic mass is 10.1. The largest absolute Gasteiger partial charge is 0.374 e. The van der Waals surface area contributed by atoms with Crippen LogP contribution in [0.15, 0.2) is 23.1 Å². The SMILES string of the molecule is Cc1ccc(S(=O)(=O)NCC2CNCCO2)cc1C(N)=O. The summed E-state index contributed by atoms with van der Waals surface area (Å²) in [4.78, 5) is 11.3. The van der Waals surface area contributed by atoms with Crippen molar-refractivity contribution in [2.45, 2.75) is 17.9 Å². The van der Waals surface area contributed by atoms with Crippen LogP contribution in [0.25, 0.3) is 0 Å². The Hall–Kier alpha value is -1.48. The number of amides is 1. The number of morpholine rings is 1. The third kappa shape index (κ3) is 4.01. The Morgan fingerprint density at radius 2 is 2.29 bits per heavy atom. The number of hydrogen-bond donors (Lipinski definition) is 3. The highest BCUT2D eigenvalue weighted by molar-refractivity contribution is 7.89. The van der Waals surface area contributed by atoms with Gasteiger partial charge in [-0.2, -0.15) is 0 Å². The first kappa shape index (κ1) is 15.9. The number of nitrogens with two attached hydrogens (primary N) is 1. The van der Waals surface area contributed by atoms with E-state index in [1.54, 1.807) is 13.0 Å². The summed E-state index contributed by atoms with van der Waals surface area (Å²) < 4.78 is 32.4. The Balaban J connectivity index is 2.11. The van der Waals surface area contributed by atoms with Crippen LogP contribution in [0.3, 0.4) is 0 Å². The van der Waals surface area contributed by atoms with Crippen LogP contribution >= 0.6 is 0 Å². The summed E-state index contributed by atoms with van der Waals surface area (Å²) in [5.74, 6) is -0.649. The number of carbonyl (C=O) groups excluding carboxylic acids is 1. The van der Waals surface area contributed by atoms with Gasteiger partial charge in [0.15, 0.2) is 0 Å². The fraction of sp³-hybridized carbons (Fsp3) is 0.462. The Kier molecular flexibility index (Phi) is 4.94. The first-order valence-corrected chi connectivity index (χ1v) is 8.11. The summed E-state index contributed by atoms with van der Waals surface area (Å²) in [5.41, 5.74) is 6.08. The molecule has 1 atom stereocenters. The molecular formula is C13H19N3O4S. The van der Waals surface area contributed by atoms with E-state index in [2.05, 4.69) is 10.0 Å². The molecule has 2 rings (SSSR count). The number of nitrogens with one attached hydrogen (secondary N) is 2. The number of sulfonamides is 1. The molecule has 0 spiro atoms. The van der Waals surface area contributed by atoms with Gasteiger partial charge in [0.1, 0.15) is 0 Å². The number of benzene rings is 1. The zero-order chi connectivity index (χ0) is 15.5. The molecule has 0 aromatic heterocycles. The topological polar surface area (TPSA) is 111 Å². The first-order valence-electron chi connectivity index (χ1n) is 6.62. The van der Waals surface area contributed by atoms with Gasteiger partial charge in [0.2, 0.25) is 15.9 Å². The van der Waals surface area contributed by atoms with Gasteiger partial charge in [-0.1, -0.05) is 6.07 Å². The van der Waals surface area contributed by atoms with Gasteiger partial charge in [-0.05, 0) is 24.6 Å². The maximum Gasteiger partial charge on any atom is 0.249 e. The van der Waals surface area contributed by atoms with Crippen LogP contribution in [0.1, 0.15) is 15.9 Å². The van der Waals surface area contributed by atoms with E-state index in [9.17, 15) is 13.2 Å².